The molecule has 26 heavy (non-hydrogen) atoms. The lowest BCUT2D eigenvalue weighted by atomic mass is 9.81. The molecule has 2 amide bonds. The average Bonchev–Trinajstić information content (AvgIpc) is 2.70. The standard InChI is InChI=1S/C20H31N3O3/c1-4-20(5-2,15-21)19(25)23-11-9-22(10-12-23)18(24)14-16-7-6-8-17(13-16)26-3/h6-8,13H,4-5,9-12,14-15,21H2,1-3H3. The summed E-state index contributed by atoms with van der Waals surface area (Å²) in [6, 6.07) is 7.57. The first-order valence-electron chi connectivity index (χ1n) is 9.39. The number of methoxy groups -OCH3 is 1. The summed E-state index contributed by atoms with van der Waals surface area (Å²) in [5, 5.41) is 0. The second kappa shape index (κ2) is 9.03. The molecule has 1 aromatic rings. The molecule has 144 valence electrons. The first-order valence-corrected chi connectivity index (χ1v) is 9.39. The first kappa shape index (κ1) is 20.2. The zero-order valence-electron chi connectivity index (χ0n) is 16.2. The van der Waals surface area contributed by atoms with Gasteiger partial charge in [-0.25, -0.2) is 0 Å². The van der Waals surface area contributed by atoms with E-state index in [-0.39, 0.29) is 11.8 Å². The Kier molecular flexibility index (Phi) is 7.03. The van der Waals surface area contributed by atoms with Crippen LogP contribution in [0.3, 0.4) is 0 Å². The molecule has 0 aliphatic carbocycles. The third-order valence-corrected chi connectivity index (χ3v) is 5.61. The van der Waals surface area contributed by atoms with Crippen LogP contribution >= 0.6 is 0 Å². The van der Waals surface area contributed by atoms with Gasteiger partial charge < -0.3 is 20.3 Å². The summed E-state index contributed by atoms with van der Waals surface area (Å²) in [6.07, 6.45) is 1.84. The van der Waals surface area contributed by atoms with Gasteiger partial charge in [0.15, 0.2) is 0 Å². The van der Waals surface area contributed by atoms with Gasteiger partial charge >= 0.3 is 0 Å². The molecule has 0 saturated carbocycles. The summed E-state index contributed by atoms with van der Waals surface area (Å²) < 4.78 is 5.21. The van der Waals surface area contributed by atoms with Crippen molar-refractivity contribution >= 4 is 11.8 Å². The molecule has 0 unspecified atom stereocenters. The van der Waals surface area contributed by atoms with Gasteiger partial charge in [0.2, 0.25) is 11.8 Å². The second-order valence-electron chi connectivity index (χ2n) is 6.89. The number of nitrogens with two attached hydrogens (primary N) is 1. The topological polar surface area (TPSA) is 75.9 Å². The van der Waals surface area contributed by atoms with E-state index in [1.54, 1.807) is 7.11 Å². The molecular formula is C20H31N3O3. The number of hydrogen-bond acceptors (Lipinski definition) is 4. The van der Waals surface area contributed by atoms with Crippen LogP contribution in [0.5, 0.6) is 5.75 Å². The predicted molar refractivity (Wildman–Crippen MR) is 102 cm³/mol. The Balaban J connectivity index is 1.93. The highest BCUT2D eigenvalue weighted by molar-refractivity contribution is 5.84. The van der Waals surface area contributed by atoms with Crippen molar-refractivity contribution in [3.05, 3.63) is 29.8 Å². The van der Waals surface area contributed by atoms with Gasteiger partial charge in [0.25, 0.3) is 0 Å². The van der Waals surface area contributed by atoms with Gasteiger partial charge in [-0.3, -0.25) is 9.59 Å². The van der Waals surface area contributed by atoms with Gasteiger partial charge in [0.05, 0.1) is 18.9 Å². The van der Waals surface area contributed by atoms with E-state index >= 15 is 0 Å². The number of rotatable bonds is 7. The first-order chi connectivity index (χ1) is 12.5. The van der Waals surface area contributed by atoms with E-state index in [2.05, 4.69) is 0 Å². The molecule has 0 bridgehead atoms. The van der Waals surface area contributed by atoms with Crippen LogP contribution in [0.4, 0.5) is 0 Å². The smallest absolute Gasteiger partial charge is 0.230 e. The van der Waals surface area contributed by atoms with Gasteiger partial charge in [0.1, 0.15) is 5.75 Å². The highest BCUT2D eigenvalue weighted by atomic mass is 16.5. The van der Waals surface area contributed by atoms with Crippen molar-refractivity contribution in [2.75, 3.05) is 39.8 Å². The predicted octanol–water partition coefficient (Wildman–Crippen LogP) is 1.67. The molecule has 1 saturated heterocycles. The second-order valence-corrected chi connectivity index (χ2v) is 6.89. The van der Waals surface area contributed by atoms with E-state index in [0.29, 0.717) is 39.1 Å². The molecule has 1 heterocycles. The van der Waals surface area contributed by atoms with Crippen molar-refractivity contribution in [1.29, 1.82) is 0 Å². The van der Waals surface area contributed by atoms with Gasteiger partial charge in [0, 0.05) is 32.7 Å². The fourth-order valence-corrected chi connectivity index (χ4v) is 3.49. The van der Waals surface area contributed by atoms with E-state index in [9.17, 15) is 9.59 Å². The number of benzene rings is 1. The van der Waals surface area contributed by atoms with Crippen LogP contribution in [0.2, 0.25) is 0 Å². The van der Waals surface area contributed by atoms with Crippen molar-refractivity contribution in [3.63, 3.8) is 0 Å². The Bertz CT molecular complexity index is 612. The molecule has 0 spiro atoms. The zero-order chi connectivity index (χ0) is 19.2. The number of carbonyl (C=O) groups is 2. The molecular weight excluding hydrogens is 330 g/mol. The third-order valence-electron chi connectivity index (χ3n) is 5.61. The van der Waals surface area contributed by atoms with Crippen LogP contribution in [0.15, 0.2) is 24.3 Å². The summed E-state index contributed by atoms with van der Waals surface area (Å²) in [6.45, 7) is 6.69. The normalized spacial score (nSPS) is 15.1. The molecule has 0 atom stereocenters. The Morgan fingerprint density at radius 3 is 2.27 bits per heavy atom. The fraction of sp³-hybridized carbons (Fsp3) is 0.600. The van der Waals surface area contributed by atoms with Crippen molar-refractivity contribution in [1.82, 2.24) is 9.80 Å². The minimum Gasteiger partial charge on any atom is -0.497 e. The van der Waals surface area contributed by atoms with Crippen molar-refractivity contribution in [3.8, 4) is 5.75 Å². The van der Waals surface area contributed by atoms with Crippen LogP contribution in [0.25, 0.3) is 0 Å². The summed E-state index contributed by atoms with van der Waals surface area (Å²) in [7, 11) is 1.62. The lowest BCUT2D eigenvalue weighted by molar-refractivity contribution is -0.147. The van der Waals surface area contributed by atoms with Gasteiger partial charge in [-0.1, -0.05) is 26.0 Å². The quantitative estimate of drug-likeness (QED) is 0.802. The van der Waals surface area contributed by atoms with Crippen LogP contribution < -0.4 is 10.5 Å². The Morgan fingerprint density at radius 2 is 1.73 bits per heavy atom. The number of nitrogens with zero attached hydrogens (tertiary/aromatic N) is 2. The van der Waals surface area contributed by atoms with Gasteiger partial charge in [-0.15, -0.1) is 0 Å². The Labute approximate surface area is 156 Å². The highest BCUT2D eigenvalue weighted by Gasteiger charge is 2.38. The SMILES string of the molecule is CCC(CC)(CN)C(=O)N1CCN(C(=O)Cc2cccc(OC)c2)CC1. The van der Waals surface area contributed by atoms with Crippen molar-refractivity contribution in [2.45, 2.75) is 33.1 Å². The minimum absolute atomic E-state index is 0.0847. The minimum atomic E-state index is -0.466. The highest BCUT2D eigenvalue weighted by Crippen LogP contribution is 2.28. The van der Waals surface area contributed by atoms with E-state index in [0.717, 1.165) is 24.2 Å². The summed E-state index contributed by atoms with van der Waals surface area (Å²) in [5.74, 6) is 0.967. The number of hydrogen-bond donors (Lipinski definition) is 1. The molecule has 1 aromatic carbocycles. The number of carbonyl (C=O) groups excluding carboxylic acids is 2. The molecule has 6 heteroatoms. The number of piperazine rings is 1. The lowest BCUT2D eigenvalue weighted by Crippen LogP contribution is -2.55. The molecule has 6 nitrogen and oxygen atoms in total. The maximum atomic E-state index is 12.9. The van der Waals surface area contributed by atoms with Crippen molar-refractivity contribution in [2.24, 2.45) is 11.1 Å². The molecule has 2 rings (SSSR count). The monoisotopic (exact) mass is 361 g/mol. The maximum absolute atomic E-state index is 12.9. The van der Waals surface area contributed by atoms with Gasteiger partial charge in [-0.2, -0.15) is 0 Å². The largest absolute Gasteiger partial charge is 0.497 e. The van der Waals surface area contributed by atoms with E-state index in [1.165, 1.54) is 0 Å². The molecule has 2 N–H and O–H groups in total. The van der Waals surface area contributed by atoms with Crippen LogP contribution in [0.1, 0.15) is 32.3 Å². The Hall–Kier alpha value is -2.08. The van der Waals surface area contributed by atoms with E-state index in [1.807, 2.05) is 47.9 Å². The van der Waals surface area contributed by atoms with Crippen molar-refractivity contribution < 1.29 is 14.3 Å². The van der Waals surface area contributed by atoms with E-state index in [4.69, 9.17) is 10.5 Å². The van der Waals surface area contributed by atoms with Crippen LogP contribution in [0, 0.1) is 5.41 Å². The van der Waals surface area contributed by atoms with Crippen LogP contribution in [-0.4, -0.2) is 61.4 Å². The summed E-state index contributed by atoms with van der Waals surface area (Å²) in [4.78, 5) is 29.2. The van der Waals surface area contributed by atoms with E-state index < -0.39 is 5.41 Å². The Morgan fingerprint density at radius 1 is 1.12 bits per heavy atom. The average molecular weight is 361 g/mol. The van der Waals surface area contributed by atoms with Gasteiger partial charge in [-0.05, 0) is 30.5 Å². The molecule has 0 aromatic heterocycles. The molecule has 0 radical (unpaired) electrons. The fourth-order valence-electron chi connectivity index (χ4n) is 3.49. The third kappa shape index (κ3) is 4.36. The number of amides is 2. The maximum Gasteiger partial charge on any atom is 0.230 e. The molecule has 1 aliphatic rings. The molecule has 1 fully saturated rings. The van der Waals surface area contributed by atoms with Crippen LogP contribution in [-0.2, 0) is 16.0 Å². The zero-order valence-corrected chi connectivity index (χ0v) is 16.2. The summed E-state index contributed by atoms with van der Waals surface area (Å²) >= 11 is 0. The number of ether oxygens (including phenoxy) is 1. The summed E-state index contributed by atoms with van der Waals surface area (Å²) in [5.41, 5.74) is 6.37. The lowest BCUT2D eigenvalue weighted by Gasteiger charge is -2.40. The molecule has 1 aliphatic heterocycles.